The molecule has 0 radical (unpaired) electrons. The molecule has 1 aromatic rings. The van der Waals surface area contributed by atoms with Crippen molar-refractivity contribution < 1.29 is 9.90 Å². The number of benzene rings is 1. The standard InChI is InChI=1S/C15H18ClN3O2/c16-14-6-13(4-3-12(14)7-17)18-15(21)9-19-5-1-2-11(8-19)10-20/h3-4,6,11,20H,1-2,5,8-10H2,(H,18,21). The molecule has 2 rings (SSSR count). The van der Waals surface area contributed by atoms with Gasteiger partial charge in [0.1, 0.15) is 6.07 Å². The number of likely N-dealkylation sites (tertiary alicyclic amines) is 1. The van der Waals surface area contributed by atoms with Gasteiger partial charge in [-0.2, -0.15) is 5.26 Å². The first-order valence-corrected chi connectivity index (χ1v) is 7.33. The van der Waals surface area contributed by atoms with Gasteiger partial charge in [0.25, 0.3) is 0 Å². The lowest BCUT2D eigenvalue weighted by Crippen LogP contribution is -2.41. The van der Waals surface area contributed by atoms with E-state index >= 15 is 0 Å². The quantitative estimate of drug-likeness (QED) is 0.890. The Kier molecular flexibility index (Phi) is 5.57. The zero-order valence-electron chi connectivity index (χ0n) is 11.7. The Balaban J connectivity index is 1.90. The maximum Gasteiger partial charge on any atom is 0.238 e. The van der Waals surface area contributed by atoms with Crippen molar-refractivity contribution >= 4 is 23.2 Å². The number of carbonyl (C=O) groups is 1. The molecule has 0 bridgehead atoms. The number of nitrogens with one attached hydrogen (secondary N) is 1. The summed E-state index contributed by atoms with van der Waals surface area (Å²) in [5.41, 5.74) is 0.969. The van der Waals surface area contributed by atoms with Crippen LogP contribution in [0.1, 0.15) is 18.4 Å². The normalized spacial score (nSPS) is 19.0. The van der Waals surface area contributed by atoms with E-state index in [0.29, 0.717) is 22.8 Å². The predicted octanol–water partition coefficient (Wildman–Crippen LogP) is 1.85. The number of nitrogens with zero attached hydrogens (tertiary/aromatic N) is 2. The van der Waals surface area contributed by atoms with E-state index in [0.717, 1.165) is 25.9 Å². The zero-order chi connectivity index (χ0) is 15.2. The summed E-state index contributed by atoms with van der Waals surface area (Å²) in [5.74, 6) is 0.144. The first kappa shape index (κ1) is 15.8. The fraction of sp³-hybridized carbons (Fsp3) is 0.467. The lowest BCUT2D eigenvalue weighted by Gasteiger charge is -2.31. The SMILES string of the molecule is N#Cc1ccc(NC(=O)CN2CCCC(CO)C2)cc1Cl. The molecule has 1 saturated heterocycles. The number of hydrogen-bond donors (Lipinski definition) is 2. The van der Waals surface area contributed by atoms with Crippen molar-refractivity contribution in [3.05, 3.63) is 28.8 Å². The second-order valence-corrected chi connectivity index (χ2v) is 5.69. The van der Waals surface area contributed by atoms with Crippen LogP contribution >= 0.6 is 11.6 Å². The molecule has 1 aliphatic heterocycles. The van der Waals surface area contributed by atoms with E-state index in [1.165, 1.54) is 0 Å². The summed E-state index contributed by atoms with van der Waals surface area (Å²) >= 11 is 5.93. The maximum atomic E-state index is 12.0. The van der Waals surface area contributed by atoms with Gasteiger partial charge in [0, 0.05) is 18.8 Å². The van der Waals surface area contributed by atoms with Crippen LogP contribution < -0.4 is 5.32 Å². The predicted molar refractivity (Wildman–Crippen MR) is 81.0 cm³/mol. The smallest absolute Gasteiger partial charge is 0.238 e. The van der Waals surface area contributed by atoms with Gasteiger partial charge in [-0.15, -0.1) is 0 Å². The molecule has 112 valence electrons. The lowest BCUT2D eigenvalue weighted by atomic mass is 9.99. The molecule has 1 amide bonds. The molecule has 0 aliphatic carbocycles. The molecule has 2 N–H and O–H groups in total. The summed E-state index contributed by atoms with van der Waals surface area (Å²) in [5, 5.41) is 21.1. The van der Waals surface area contributed by atoms with Crippen molar-refractivity contribution in [1.29, 1.82) is 5.26 Å². The summed E-state index contributed by atoms with van der Waals surface area (Å²) in [4.78, 5) is 14.1. The highest BCUT2D eigenvalue weighted by atomic mass is 35.5. The van der Waals surface area contributed by atoms with Gasteiger partial charge in [-0.25, -0.2) is 0 Å². The number of anilines is 1. The van der Waals surface area contributed by atoms with Crippen LogP contribution in [-0.4, -0.2) is 42.2 Å². The van der Waals surface area contributed by atoms with Crippen molar-refractivity contribution in [3.63, 3.8) is 0 Å². The summed E-state index contributed by atoms with van der Waals surface area (Å²) < 4.78 is 0. The van der Waals surface area contributed by atoms with Gasteiger partial charge >= 0.3 is 0 Å². The summed E-state index contributed by atoms with van der Waals surface area (Å²) in [6, 6.07) is 6.80. The minimum absolute atomic E-state index is 0.116. The Hall–Kier alpha value is -1.61. The Labute approximate surface area is 129 Å². The molecule has 1 fully saturated rings. The third kappa shape index (κ3) is 4.43. The molecular weight excluding hydrogens is 290 g/mol. The van der Waals surface area contributed by atoms with Gasteiger partial charge in [-0.05, 0) is 43.5 Å². The molecule has 6 heteroatoms. The van der Waals surface area contributed by atoms with E-state index in [-0.39, 0.29) is 18.4 Å². The van der Waals surface area contributed by atoms with Crippen molar-refractivity contribution in [2.24, 2.45) is 5.92 Å². The fourth-order valence-corrected chi connectivity index (χ4v) is 2.75. The van der Waals surface area contributed by atoms with Crippen LogP contribution in [0.15, 0.2) is 18.2 Å². The number of aliphatic hydroxyl groups is 1. The highest BCUT2D eigenvalue weighted by molar-refractivity contribution is 6.32. The van der Waals surface area contributed by atoms with E-state index in [1.54, 1.807) is 18.2 Å². The topological polar surface area (TPSA) is 76.4 Å². The Bertz CT molecular complexity index is 556. The van der Waals surface area contributed by atoms with Crippen molar-refractivity contribution in [2.45, 2.75) is 12.8 Å². The van der Waals surface area contributed by atoms with Gasteiger partial charge < -0.3 is 10.4 Å². The minimum atomic E-state index is -0.116. The first-order chi connectivity index (χ1) is 10.1. The Morgan fingerprint density at radius 3 is 3.05 bits per heavy atom. The average molecular weight is 308 g/mol. The summed E-state index contributed by atoms with van der Waals surface area (Å²) in [6.45, 7) is 2.09. The monoisotopic (exact) mass is 307 g/mol. The van der Waals surface area contributed by atoms with E-state index in [2.05, 4.69) is 5.32 Å². The molecule has 0 aromatic heterocycles. The molecule has 0 spiro atoms. The average Bonchev–Trinajstić information content (AvgIpc) is 2.47. The van der Waals surface area contributed by atoms with Crippen LogP contribution in [0, 0.1) is 17.2 Å². The fourth-order valence-electron chi connectivity index (χ4n) is 2.53. The second-order valence-electron chi connectivity index (χ2n) is 5.28. The third-order valence-corrected chi connectivity index (χ3v) is 3.91. The highest BCUT2D eigenvalue weighted by Crippen LogP contribution is 2.20. The molecule has 1 unspecified atom stereocenters. The molecule has 1 aliphatic rings. The number of carbonyl (C=O) groups excluding carboxylic acids is 1. The van der Waals surface area contributed by atoms with Gasteiger partial charge in [0.05, 0.1) is 17.1 Å². The Morgan fingerprint density at radius 1 is 1.57 bits per heavy atom. The van der Waals surface area contributed by atoms with Crippen LogP contribution in [0.3, 0.4) is 0 Å². The van der Waals surface area contributed by atoms with E-state index in [1.807, 2.05) is 11.0 Å². The van der Waals surface area contributed by atoms with E-state index in [4.69, 9.17) is 16.9 Å². The van der Waals surface area contributed by atoms with Crippen molar-refractivity contribution in [3.8, 4) is 6.07 Å². The zero-order valence-corrected chi connectivity index (χ0v) is 12.4. The molecule has 21 heavy (non-hydrogen) atoms. The number of aliphatic hydroxyl groups excluding tert-OH is 1. The van der Waals surface area contributed by atoms with Gasteiger partial charge in [-0.3, -0.25) is 9.69 Å². The van der Waals surface area contributed by atoms with Crippen LogP contribution in [-0.2, 0) is 4.79 Å². The molecule has 0 saturated carbocycles. The largest absolute Gasteiger partial charge is 0.396 e. The van der Waals surface area contributed by atoms with Crippen molar-refractivity contribution in [1.82, 2.24) is 4.90 Å². The third-order valence-electron chi connectivity index (χ3n) is 3.60. The number of rotatable bonds is 4. The number of amides is 1. The van der Waals surface area contributed by atoms with Crippen LogP contribution in [0.5, 0.6) is 0 Å². The number of hydrogen-bond acceptors (Lipinski definition) is 4. The number of halogens is 1. The summed E-state index contributed by atoms with van der Waals surface area (Å²) in [6.07, 6.45) is 2.01. The lowest BCUT2D eigenvalue weighted by molar-refractivity contribution is -0.117. The van der Waals surface area contributed by atoms with Crippen LogP contribution in [0.25, 0.3) is 0 Å². The number of piperidine rings is 1. The van der Waals surface area contributed by atoms with Crippen LogP contribution in [0.4, 0.5) is 5.69 Å². The van der Waals surface area contributed by atoms with E-state index in [9.17, 15) is 9.90 Å². The van der Waals surface area contributed by atoms with Gasteiger partial charge in [-0.1, -0.05) is 11.6 Å². The second kappa shape index (κ2) is 7.41. The van der Waals surface area contributed by atoms with Gasteiger partial charge in [0.2, 0.25) is 5.91 Å². The molecule has 1 atom stereocenters. The van der Waals surface area contributed by atoms with Crippen molar-refractivity contribution in [2.75, 3.05) is 31.6 Å². The van der Waals surface area contributed by atoms with E-state index < -0.39 is 0 Å². The molecule has 1 heterocycles. The minimum Gasteiger partial charge on any atom is -0.396 e. The molecule has 1 aromatic carbocycles. The molecule has 5 nitrogen and oxygen atoms in total. The highest BCUT2D eigenvalue weighted by Gasteiger charge is 2.20. The summed E-state index contributed by atoms with van der Waals surface area (Å²) in [7, 11) is 0. The van der Waals surface area contributed by atoms with Crippen LogP contribution in [0.2, 0.25) is 5.02 Å². The molecular formula is C15H18ClN3O2. The maximum absolute atomic E-state index is 12.0. The number of nitriles is 1. The first-order valence-electron chi connectivity index (χ1n) is 6.95. The van der Waals surface area contributed by atoms with Gasteiger partial charge in [0.15, 0.2) is 0 Å². The Morgan fingerprint density at radius 2 is 2.38 bits per heavy atom.